The van der Waals surface area contributed by atoms with Gasteiger partial charge in [-0.2, -0.15) is 5.10 Å². The first-order chi connectivity index (χ1) is 14.3. The number of rotatable bonds is 7. The summed E-state index contributed by atoms with van der Waals surface area (Å²) >= 11 is 0. The molecule has 0 aliphatic carbocycles. The molecule has 0 radical (unpaired) electrons. The Balaban J connectivity index is 1.87. The van der Waals surface area contributed by atoms with Crippen LogP contribution in [0, 0.1) is 17.0 Å². The van der Waals surface area contributed by atoms with Crippen molar-refractivity contribution < 1.29 is 13.3 Å². The van der Waals surface area contributed by atoms with Crippen molar-refractivity contribution in [2.45, 2.75) is 18.7 Å². The molecule has 0 bridgehead atoms. The molecule has 0 aromatic heterocycles. The van der Waals surface area contributed by atoms with Gasteiger partial charge in [-0.05, 0) is 43.7 Å². The van der Waals surface area contributed by atoms with E-state index in [0.29, 0.717) is 11.4 Å². The first-order valence-corrected chi connectivity index (χ1v) is 10.5. The molecule has 0 amide bonds. The molecule has 0 saturated heterocycles. The molecule has 0 unspecified atom stereocenters. The molecular formula is C21H20N4O4S. The Hall–Kier alpha value is -3.72. The number of benzene rings is 3. The second-order valence-electron chi connectivity index (χ2n) is 6.58. The lowest BCUT2D eigenvalue weighted by Gasteiger charge is -2.10. The number of sulfonamides is 1. The smallest absolute Gasteiger partial charge is 0.280 e. The van der Waals surface area contributed by atoms with Crippen molar-refractivity contribution in [1.82, 2.24) is 0 Å². The van der Waals surface area contributed by atoms with Gasteiger partial charge in [-0.15, -0.1) is 0 Å². The highest BCUT2D eigenvalue weighted by atomic mass is 32.2. The first-order valence-electron chi connectivity index (χ1n) is 9.00. The molecule has 30 heavy (non-hydrogen) atoms. The van der Waals surface area contributed by atoms with E-state index in [0.717, 1.165) is 17.2 Å². The van der Waals surface area contributed by atoms with Crippen LogP contribution >= 0.6 is 0 Å². The molecule has 2 N–H and O–H groups in total. The van der Waals surface area contributed by atoms with Crippen LogP contribution in [0.1, 0.15) is 18.1 Å². The molecule has 0 fully saturated rings. The number of nitro benzene ring substituents is 1. The number of hydrazone groups is 1. The van der Waals surface area contributed by atoms with Crippen LogP contribution in [0.4, 0.5) is 17.1 Å². The van der Waals surface area contributed by atoms with Crippen LogP contribution in [0.25, 0.3) is 0 Å². The predicted octanol–water partition coefficient (Wildman–Crippen LogP) is 4.54. The maximum absolute atomic E-state index is 12.6. The van der Waals surface area contributed by atoms with Crippen LogP contribution in [0.3, 0.4) is 0 Å². The Morgan fingerprint density at radius 2 is 1.67 bits per heavy atom. The van der Waals surface area contributed by atoms with Gasteiger partial charge in [-0.3, -0.25) is 20.3 Å². The highest BCUT2D eigenvalue weighted by Gasteiger charge is 2.21. The van der Waals surface area contributed by atoms with Crippen molar-refractivity contribution in [1.29, 1.82) is 0 Å². The van der Waals surface area contributed by atoms with Gasteiger partial charge in [0.05, 0.1) is 15.5 Å². The minimum atomic E-state index is -3.98. The van der Waals surface area contributed by atoms with Crippen LogP contribution < -0.4 is 10.1 Å². The lowest BCUT2D eigenvalue weighted by molar-refractivity contribution is -0.384. The van der Waals surface area contributed by atoms with Crippen molar-refractivity contribution in [2.75, 3.05) is 10.1 Å². The SMILES string of the molecule is CC(=NNc1ccc(S(=O)(=O)Nc2ccccc2)cc1[N+](=O)[O-])c1ccc(C)cc1. The van der Waals surface area contributed by atoms with Crippen molar-refractivity contribution in [3.63, 3.8) is 0 Å². The lowest BCUT2D eigenvalue weighted by Crippen LogP contribution is -2.13. The average molecular weight is 424 g/mol. The van der Waals surface area contributed by atoms with Gasteiger partial charge in [-0.25, -0.2) is 8.42 Å². The van der Waals surface area contributed by atoms with E-state index in [1.807, 2.05) is 31.2 Å². The Labute approximate surface area is 174 Å². The molecular weight excluding hydrogens is 404 g/mol. The third-order valence-electron chi connectivity index (χ3n) is 4.32. The molecule has 0 spiro atoms. The third-order valence-corrected chi connectivity index (χ3v) is 5.69. The Morgan fingerprint density at radius 1 is 1.00 bits per heavy atom. The van der Waals surface area contributed by atoms with E-state index >= 15 is 0 Å². The largest absolute Gasteiger partial charge is 0.295 e. The minimum absolute atomic E-state index is 0.0881. The molecule has 3 aromatic rings. The molecule has 3 rings (SSSR count). The number of nitro groups is 1. The molecule has 154 valence electrons. The molecule has 3 aromatic carbocycles. The number of aryl methyl sites for hydroxylation is 1. The van der Waals surface area contributed by atoms with Gasteiger partial charge in [0.15, 0.2) is 0 Å². The Kier molecular flexibility index (Phi) is 6.12. The maximum Gasteiger partial charge on any atom is 0.295 e. The minimum Gasteiger partial charge on any atom is -0.280 e. The van der Waals surface area contributed by atoms with Gasteiger partial charge in [0.2, 0.25) is 0 Å². The van der Waals surface area contributed by atoms with Crippen LogP contribution in [0.15, 0.2) is 82.8 Å². The summed E-state index contributed by atoms with van der Waals surface area (Å²) in [5.41, 5.74) is 5.32. The summed E-state index contributed by atoms with van der Waals surface area (Å²) in [6, 6.07) is 19.6. The quantitative estimate of drug-likeness (QED) is 0.328. The number of anilines is 2. The van der Waals surface area contributed by atoms with Crippen LogP contribution in [0.2, 0.25) is 0 Å². The van der Waals surface area contributed by atoms with Crippen molar-refractivity contribution in [3.05, 3.63) is 94.0 Å². The van der Waals surface area contributed by atoms with Gasteiger partial charge >= 0.3 is 0 Å². The number of hydrogen-bond donors (Lipinski definition) is 2. The Bertz CT molecular complexity index is 1190. The van der Waals surface area contributed by atoms with E-state index in [4.69, 9.17) is 0 Å². The monoisotopic (exact) mass is 424 g/mol. The number of para-hydroxylation sites is 1. The average Bonchev–Trinajstić information content (AvgIpc) is 2.72. The second-order valence-corrected chi connectivity index (χ2v) is 8.27. The van der Waals surface area contributed by atoms with Crippen molar-refractivity contribution >= 4 is 32.8 Å². The van der Waals surface area contributed by atoms with Crippen molar-refractivity contribution in [2.24, 2.45) is 5.10 Å². The standard InChI is InChI=1S/C21H20N4O4S/c1-15-8-10-17(11-9-15)16(2)22-23-20-13-12-19(14-21(20)25(26)27)30(28,29)24-18-6-4-3-5-7-18/h3-14,23-24H,1-2H3. The third kappa shape index (κ3) is 5.00. The fourth-order valence-corrected chi connectivity index (χ4v) is 3.73. The van der Waals surface area contributed by atoms with Gasteiger partial charge in [0.1, 0.15) is 5.69 Å². The molecule has 0 aliphatic heterocycles. The summed E-state index contributed by atoms with van der Waals surface area (Å²) in [6.45, 7) is 3.74. The van der Waals surface area contributed by atoms with E-state index in [2.05, 4.69) is 15.2 Å². The highest BCUT2D eigenvalue weighted by Crippen LogP contribution is 2.28. The fourth-order valence-electron chi connectivity index (χ4n) is 2.65. The number of nitrogens with zero attached hydrogens (tertiary/aromatic N) is 2. The van der Waals surface area contributed by atoms with Gasteiger partial charge in [-0.1, -0.05) is 48.0 Å². The van der Waals surface area contributed by atoms with Gasteiger partial charge < -0.3 is 0 Å². The zero-order valence-corrected chi connectivity index (χ0v) is 17.2. The lowest BCUT2D eigenvalue weighted by atomic mass is 10.1. The maximum atomic E-state index is 12.6. The zero-order chi connectivity index (χ0) is 21.7. The molecule has 9 heteroatoms. The molecule has 0 heterocycles. The molecule has 0 saturated carbocycles. The number of hydrogen-bond acceptors (Lipinski definition) is 6. The summed E-state index contributed by atoms with van der Waals surface area (Å²) in [4.78, 5) is 10.6. The fraction of sp³-hybridized carbons (Fsp3) is 0.0952. The normalized spacial score (nSPS) is 11.7. The van der Waals surface area contributed by atoms with Crippen molar-refractivity contribution in [3.8, 4) is 0 Å². The van der Waals surface area contributed by atoms with E-state index in [-0.39, 0.29) is 10.6 Å². The zero-order valence-electron chi connectivity index (χ0n) is 16.4. The molecule has 0 atom stereocenters. The van der Waals surface area contributed by atoms with Crippen LogP contribution in [-0.4, -0.2) is 19.1 Å². The summed E-state index contributed by atoms with van der Waals surface area (Å²) in [7, 11) is -3.98. The van der Waals surface area contributed by atoms with E-state index in [9.17, 15) is 18.5 Å². The molecule has 8 nitrogen and oxygen atoms in total. The highest BCUT2D eigenvalue weighted by molar-refractivity contribution is 7.92. The summed E-state index contributed by atoms with van der Waals surface area (Å²) in [5, 5.41) is 15.7. The van der Waals surface area contributed by atoms with Gasteiger partial charge in [0, 0.05) is 11.8 Å². The summed E-state index contributed by atoms with van der Waals surface area (Å²) in [6.07, 6.45) is 0. The van der Waals surface area contributed by atoms with E-state index in [1.165, 1.54) is 12.1 Å². The number of nitrogens with one attached hydrogen (secondary N) is 2. The Morgan fingerprint density at radius 3 is 2.30 bits per heavy atom. The summed E-state index contributed by atoms with van der Waals surface area (Å²) < 4.78 is 27.6. The summed E-state index contributed by atoms with van der Waals surface area (Å²) in [5.74, 6) is 0. The second kappa shape index (κ2) is 8.75. The van der Waals surface area contributed by atoms with E-state index in [1.54, 1.807) is 37.3 Å². The van der Waals surface area contributed by atoms with Gasteiger partial charge in [0.25, 0.3) is 15.7 Å². The first kappa shape index (κ1) is 21.0. The van der Waals surface area contributed by atoms with Crippen LogP contribution in [0.5, 0.6) is 0 Å². The van der Waals surface area contributed by atoms with E-state index < -0.39 is 20.6 Å². The molecule has 0 aliphatic rings. The van der Waals surface area contributed by atoms with Crippen LogP contribution in [-0.2, 0) is 10.0 Å². The topological polar surface area (TPSA) is 114 Å². The predicted molar refractivity (Wildman–Crippen MR) is 117 cm³/mol.